The van der Waals surface area contributed by atoms with Crippen molar-refractivity contribution < 1.29 is 18.0 Å². The van der Waals surface area contributed by atoms with Crippen LogP contribution in [0.1, 0.15) is 15.9 Å². The first-order chi connectivity index (χ1) is 6.38. The van der Waals surface area contributed by atoms with Gasteiger partial charge >= 0.3 is 6.18 Å². The molecule has 0 fully saturated rings. The number of hydrogen-bond acceptors (Lipinski definition) is 2. The maximum absolute atomic E-state index is 11.9. The van der Waals surface area contributed by atoms with Gasteiger partial charge in [0.2, 0.25) is 5.91 Å². The minimum absolute atomic E-state index is 0.0481. The van der Waals surface area contributed by atoms with Crippen molar-refractivity contribution in [2.24, 2.45) is 5.73 Å². The number of hydrogen-bond donors (Lipinski definition) is 1. The van der Waals surface area contributed by atoms with Crippen LogP contribution in [0.2, 0.25) is 0 Å². The number of primary amides is 1. The molecule has 1 rings (SSSR count). The molecule has 0 aliphatic heterocycles. The molecule has 0 saturated carbocycles. The van der Waals surface area contributed by atoms with Gasteiger partial charge in [0.1, 0.15) is 0 Å². The Morgan fingerprint density at radius 1 is 1.43 bits per heavy atom. The molecule has 0 bridgehead atoms. The molecule has 0 spiro atoms. The van der Waals surface area contributed by atoms with Crippen molar-refractivity contribution >= 4 is 5.91 Å². The Morgan fingerprint density at radius 3 is 2.57 bits per heavy atom. The van der Waals surface area contributed by atoms with E-state index in [1.54, 1.807) is 0 Å². The summed E-state index contributed by atoms with van der Waals surface area (Å²) < 4.78 is 35.6. The number of carbonyl (C=O) groups excluding carboxylic acids is 1. The molecule has 0 aromatic carbocycles. The van der Waals surface area contributed by atoms with Gasteiger partial charge in [-0.1, -0.05) is 0 Å². The van der Waals surface area contributed by atoms with Gasteiger partial charge in [-0.25, -0.2) is 0 Å². The predicted molar refractivity (Wildman–Crippen MR) is 42.2 cm³/mol. The molecule has 0 aliphatic rings. The first kappa shape index (κ1) is 10.5. The Bertz CT molecular complexity index is 349. The second-order valence-electron chi connectivity index (χ2n) is 2.56. The number of nitrogens with zero attached hydrogens (tertiary/aromatic N) is 1. The zero-order valence-electron chi connectivity index (χ0n) is 6.88. The number of carbonyl (C=O) groups is 1. The fourth-order valence-corrected chi connectivity index (χ4v) is 0.860. The Labute approximate surface area is 77.7 Å². The van der Waals surface area contributed by atoms with Gasteiger partial charge in [-0.3, -0.25) is 9.78 Å². The highest BCUT2D eigenvalue weighted by molar-refractivity contribution is 5.92. The number of amides is 1. The van der Waals surface area contributed by atoms with Crippen LogP contribution in [0, 0.1) is 6.42 Å². The third-order valence-electron chi connectivity index (χ3n) is 1.37. The van der Waals surface area contributed by atoms with Gasteiger partial charge < -0.3 is 5.73 Å². The van der Waals surface area contributed by atoms with Crippen LogP contribution in [-0.2, 0) is 0 Å². The normalized spacial score (nSPS) is 11.4. The van der Waals surface area contributed by atoms with Crippen molar-refractivity contribution in [2.75, 3.05) is 0 Å². The second-order valence-corrected chi connectivity index (χ2v) is 2.56. The molecule has 0 atom stereocenters. The topological polar surface area (TPSA) is 56.0 Å². The van der Waals surface area contributed by atoms with E-state index in [0.29, 0.717) is 0 Å². The lowest BCUT2D eigenvalue weighted by atomic mass is 10.1. The number of rotatable bonds is 2. The predicted octanol–water partition coefficient (Wildman–Crippen LogP) is 1.30. The summed E-state index contributed by atoms with van der Waals surface area (Å²) in [6.45, 7) is 0. The third kappa shape index (κ3) is 3.04. The second kappa shape index (κ2) is 3.65. The first-order valence-electron chi connectivity index (χ1n) is 3.56. The molecule has 1 radical (unpaired) electrons. The lowest BCUT2D eigenvalue weighted by Gasteiger charge is -2.05. The monoisotopic (exact) mass is 203 g/mol. The number of halogens is 3. The van der Waals surface area contributed by atoms with Crippen LogP contribution < -0.4 is 5.73 Å². The Kier molecular flexibility index (Phi) is 2.73. The Hall–Kier alpha value is -1.59. The maximum atomic E-state index is 11.9. The van der Waals surface area contributed by atoms with Crippen molar-refractivity contribution in [3.05, 3.63) is 36.0 Å². The molecular formula is C8H6F3N2O. The molecule has 0 saturated heterocycles. The van der Waals surface area contributed by atoms with Crippen LogP contribution in [-0.4, -0.2) is 17.1 Å². The highest BCUT2D eigenvalue weighted by Crippen LogP contribution is 2.23. The molecule has 3 nitrogen and oxygen atoms in total. The van der Waals surface area contributed by atoms with Gasteiger partial charge in [-0.2, -0.15) is 13.2 Å². The van der Waals surface area contributed by atoms with Gasteiger partial charge in [0.15, 0.2) is 0 Å². The summed E-state index contributed by atoms with van der Waals surface area (Å²) in [5.41, 5.74) is 4.62. The van der Waals surface area contributed by atoms with Gasteiger partial charge in [0.05, 0.1) is 12.0 Å². The minimum Gasteiger partial charge on any atom is -0.366 e. The lowest BCUT2D eigenvalue weighted by Crippen LogP contribution is -2.13. The molecule has 1 heterocycles. The summed E-state index contributed by atoms with van der Waals surface area (Å²) in [4.78, 5) is 14.1. The Balaban J connectivity index is 2.89. The molecule has 75 valence electrons. The van der Waals surface area contributed by atoms with E-state index < -0.39 is 12.1 Å². The van der Waals surface area contributed by atoms with Crippen molar-refractivity contribution in [1.82, 2.24) is 4.98 Å². The lowest BCUT2D eigenvalue weighted by molar-refractivity contribution is -0.0928. The van der Waals surface area contributed by atoms with Crippen molar-refractivity contribution in [3.63, 3.8) is 0 Å². The summed E-state index contributed by atoms with van der Waals surface area (Å²) in [6, 6.07) is 1.03. The SMILES string of the molecule is NC(=O)c1cncc([CH]C(F)(F)F)c1. The van der Waals surface area contributed by atoms with E-state index in [-0.39, 0.29) is 17.5 Å². The van der Waals surface area contributed by atoms with Crippen molar-refractivity contribution in [2.45, 2.75) is 6.18 Å². The molecule has 14 heavy (non-hydrogen) atoms. The summed E-state index contributed by atoms with van der Waals surface area (Å²) in [5, 5.41) is 0. The fourth-order valence-electron chi connectivity index (χ4n) is 0.860. The average Bonchev–Trinajstić information content (AvgIpc) is 2.01. The first-order valence-corrected chi connectivity index (χ1v) is 3.56. The van der Waals surface area contributed by atoms with Crippen LogP contribution in [0.15, 0.2) is 18.5 Å². The van der Waals surface area contributed by atoms with Crippen LogP contribution >= 0.6 is 0 Å². The molecule has 1 aromatic rings. The van der Waals surface area contributed by atoms with Gasteiger partial charge in [0.25, 0.3) is 0 Å². The molecule has 1 amide bonds. The summed E-state index contributed by atoms with van der Waals surface area (Å²) >= 11 is 0. The maximum Gasteiger partial charge on any atom is 0.396 e. The molecule has 0 aliphatic carbocycles. The van der Waals surface area contributed by atoms with Gasteiger partial charge in [0, 0.05) is 12.4 Å². The minimum atomic E-state index is -4.43. The quantitative estimate of drug-likeness (QED) is 0.787. The van der Waals surface area contributed by atoms with E-state index in [1.165, 1.54) is 0 Å². The highest BCUT2D eigenvalue weighted by Gasteiger charge is 2.28. The highest BCUT2D eigenvalue weighted by atomic mass is 19.4. The van der Waals surface area contributed by atoms with E-state index in [1.807, 2.05) is 0 Å². The smallest absolute Gasteiger partial charge is 0.366 e. The number of pyridine rings is 1. The van der Waals surface area contributed by atoms with Crippen LogP contribution in [0.25, 0.3) is 0 Å². The number of aromatic nitrogens is 1. The molecule has 1 aromatic heterocycles. The zero-order valence-corrected chi connectivity index (χ0v) is 6.88. The number of nitrogens with two attached hydrogens (primary N) is 1. The van der Waals surface area contributed by atoms with E-state index in [4.69, 9.17) is 5.73 Å². The number of alkyl halides is 3. The zero-order chi connectivity index (χ0) is 10.8. The van der Waals surface area contributed by atoms with Crippen LogP contribution in [0.5, 0.6) is 0 Å². The third-order valence-corrected chi connectivity index (χ3v) is 1.37. The van der Waals surface area contributed by atoms with E-state index >= 15 is 0 Å². The summed E-state index contributed by atoms with van der Waals surface area (Å²) in [7, 11) is 0. The molecule has 6 heteroatoms. The molecule has 0 unspecified atom stereocenters. The van der Waals surface area contributed by atoms with E-state index in [0.717, 1.165) is 18.5 Å². The fraction of sp³-hybridized carbons (Fsp3) is 0.125. The Morgan fingerprint density at radius 2 is 2.07 bits per heavy atom. The molecular weight excluding hydrogens is 197 g/mol. The van der Waals surface area contributed by atoms with Gasteiger partial charge in [-0.05, 0) is 11.6 Å². The van der Waals surface area contributed by atoms with Gasteiger partial charge in [-0.15, -0.1) is 0 Å². The largest absolute Gasteiger partial charge is 0.396 e. The van der Waals surface area contributed by atoms with Crippen molar-refractivity contribution in [1.29, 1.82) is 0 Å². The molecule has 2 N–H and O–H groups in total. The van der Waals surface area contributed by atoms with Crippen LogP contribution in [0.4, 0.5) is 13.2 Å². The van der Waals surface area contributed by atoms with E-state index in [9.17, 15) is 18.0 Å². The standard InChI is InChI=1S/C8H6F3N2O/c9-8(10,11)2-5-1-6(7(12)14)4-13-3-5/h1-4H,(H2,12,14). The summed E-state index contributed by atoms with van der Waals surface area (Å²) in [6.07, 6.45) is -2.28. The summed E-state index contributed by atoms with van der Waals surface area (Å²) in [5.74, 6) is -0.810. The van der Waals surface area contributed by atoms with E-state index in [2.05, 4.69) is 4.98 Å². The average molecular weight is 203 g/mol. The van der Waals surface area contributed by atoms with Crippen molar-refractivity contribution in [3.8, 4) is 0 Å². The van der Waals surface area contributed by atoms with Crippen LogP contribution in [0.3, 0.4) is 0 Å².